The molecule has 2 aliphatic rings. The minimum absolute atomic E-state index is 0.0796. The molecule has 0 saturated carbocycles. The van der Waals surface area contributed by atoms with Gasteiger partial charge in [-0.3, -0.25) is 4.79 Å². The maximum atomic E-state index is 12.8. The van der Waals surface area contributed by atoms with Crippen LogP contribution in [0, 0.1) is 5.92 Å². The number of methoxy groups -OCH3 is 2. The molecule has 126 valence electrons. The maximum Gasteiger partial charge on any atom is 0.252 e. The number of carbonyl (C=O) groups excluding carboxylic acids is 1. The fraction of sp³-hybridized carbons (Fsp3) is 0.533. The maximum absolute atomic E-state index is 12.8. The third-order valence-electron chi connectivity index (χ3n) is 4.73. The van der Waals surface area contributed by atoms with Crippen LogP contribution in [0.15, 0.2) is 29.2 Å². The molecule has 0 spiro atoms. The highest BCUT2D eigenvalue weighted by Crippen LogP contribution is 2.35. The van der Waals surface area contributed by atoms with E-state index in [2.05, 4.69) is 0 Å². The van der Waals surface area contributed by atoms with Crippen molar-refractivity contribution in [3.63, 3.8) is 0 Å². The van der Waals surface area contributed by atoms with E-state index in [0.717, 1.165) is 0 Å². The first-order chi connectivity index (χ1) is 10.9. The van der Waals surface area contributed by atoms with E-state index in [1.165, 1.54) is 30.7 Å². The zero-order chi connectivity index (χ0) is 16.8. The lowest BCUT2D eigenvalue weighted by molar-refractivity contribution is -0.136. The number of rotatable bonds is 4. The van der Waals surface area contributed by atoms with Gasteiger partial charge in [-0.25, -0.2) is 8.42 Å². The molecule has 2 fully saturated rings. The third-order valence-corrected chi connectivity index (χ3v) is 6.57. The van der Waals surface area contributed by atoms with Crippen molar-refractivity contribution in [1.29, 1.82) is 0 Å². The lowest BCUT2D eigenvalue weighted by Crippen LogP contribution is -2.38. The highest BCUT2D eigenvalue weighted by Gasteiger charge is 2.53. The number of hydrogen-bond acceptors (Lipinski definition) is 5. The van der Waals surface area contributed by atoms with Gasteiger partial charge in [0.1, 0.15) is 11.9 Å². The van der Waals surface area contributed by atoms with Gasteiger partial charge in [0.25, 0.3) is 5.91 Å². The molecule has 7 nitrogen and oxygen atoms in total. The predicted octanol–water partition coefficient (Wildman–Crippen LogP) is 0.171. The first-order valence-corrected chi connectivity index (χ1v) is 8.78. The number of likely N-dealkylation sites (tertiary alicyclic amines) is 1. The van der Waals surface area contributed by atoms with E-state index in [0.29, 0.717) is 12.3 Å². The molecule has 2 heterocycles. The van der Waals surface area contributed by atoms with E-state index in [9.17, 15) is 13.2 Å². The van der Waals surface area contributed by atoms with Crippen molar-refractivity contribution in [3.05, 3.63) is 24.3 Å². The van der Waals surface area contributed by atoms with Crippen molar-refractivity contribution in [2.24, 2.45) is 5.92 Å². The predicted molar refractivity (Wildman–Crippen MR) is 82.6 cm³/mol. The van der Waals surface area contributed by atoms with E-state index in [1.54, 1.807) is 24.1 Å². The van der Waals surface area contributed by atoms with Gasteiger partial charge in [0.05, 0.1) is 18.0 Å². The molecule has 1 aromatic rings. The molecule has 23 heavy (non-hydrogen) atoms. The van der Waals surface area contributed by atoms with Crippen molar-refractivity contribution >= 4 is 15.9 Å². The van der Waals surface area contributed by atoms with Crippen molar-refractivity contribution in [2.45, 2.75) is 17.0 Å². The van der Waals surface area contributed by atoms with Crippen LogP contribution in [0.2, 0.25) is 0 Å². The van der Waals surface area contributed by atoms with Crippen LogP contribution in [-0.4, -0.2) is 70.0 Å². The zero-order valence-electron chi connectivity index (χ0n) is 13.3. The van der Waals surface area contributed by atoms with Crippen LogP contribution >= 0.6 is 0 Å². The Hall–Kier alpha value is -1.64. The minimum Gasteiger partial charge on any atom is -0.497 e. The summed E-state index contributed by atoms with van der Waals surface area (Å²) in [6.07, 6.45) is -0.568. The first-order valence-electron chi connectivity index (χ1n) is 7.34. The summed E-state index contributed by atoms with van der Waals surface area (Å²) >= 11 is 0. The Morgan fingerprint density at radius 1 is 1.13 bits per heavy atom. The Balaban J connectivity index is 1.84. The van der Waals surface area contributed by atoms with Crippen molar-refractivity contribution in [1.82, 2.24) is 9.21 Å². The number of ether oxygens (including phenoxy) is 2. The zero-order valence-corrected chi connectivity index (χ0v) is 14.1. The van der Waals surface area contributed by atoms with E-state index in [1.807, 2.05) is 0 Å². The minimum atomic E-state index is -3.59. The smallest absolute Gasteiger partial charge is 0.252 e. The molecule has 2 saturated heterocycles. The van der Waals surface area contributed by atoms with Gasteiger partial charge in [0.2, 0.25) is 10.0 Å². The molecule has 0 unspecified atom stereocenters. The SMILES string of the molecule is COc1ccc(S(=O)(=O)N2C[C@@H]3[C@H](OC)C(=O)N(C)[C@@H]3C2)cc1. The summed E-state index contributed by atoms with van der Waals surface area (Å²) in [4.78, 5) is 13.9. The Labute approximate surface area is 135 Å². The van der Waals surface area contributed by atoms with E-state index in [-0.39, 0.29) is 29.3 Å². The molecule has 0 radical (unpaired) electrons. The van der Waals surface area contributed by atoms with Crippen LogP contribution < -0.4 is 4.74 Å². The fourth-order valence-electron chi connectivity index (χ4n) is 3.40. The molecular formula is C15H20N2O5S. The molecule has 0 bridgehead atoms. The number of amides is 1. The molecule has 1 aromatic carbocycles. The lowest BCUT2D eigenvalue weighted by Gasteiger charge is -2.21. The molecule has 0 N–H and O–H groups in total. The molecule has 2 aliphatic heterocycles. The topological polar surface area (TPSA) is 76.1 Å². The van der Waals surface area contributed by atoms with Crippen LogP contribution in [0.5, 0.6) is 5.75 Å². The molecule has 8 heteroatoms. The highest BCUT2D eigenvalue weighted by molar-refractivity contribution is 7.89. The van der Waals surface area contributed by atoms with Crippen LogP contribution in [-0.2, 0) is 19.6 Å². The van der Waals surface area contributed by atoms with Crippen molar-refractivity contribution < 1.29 is 22.7 Å². The van der Waals surface area contributed by atoms with E-state index < -0.39 is 16.1 Å². The average Bonchev–Trinajstić information content (AvgIpc) is 3.08. The van der Waals surface area contributed by atoms with Crippen molar-refractivity contribution in [2.75, 3.05) is 34.4 Å². The first kappa shape index (κ1) is 16.2. The van der Waals surface area contributed by atoms with Gasteiger partial charge in [-0.15, -0.1) is 0 Å². The average molecular weight is 340 g/mol. The second kappa shape index (κ2) is 5.77. The highest BCUT2D eigenvalue weighted by atomic mass is 32.2. The monoisotopic (exact) mass is 340 g/mol. The summed E-state index contributed by atoms with van der Waals surface area (Å²) in [5.74, 6) is 0.390. The summed E-state index contributed by atoms with van der Waals surface area (Å²) in [6.45, 7) is 0.578. The van der Waals surface area contributed by atoms with Crippen LogP contribution in [0.4, 0.5) is 0 Å². The molecular weight excluding hydrogens is 320 g/mol. The van der Waals surface area contributed by atoms with E-state index in [4.69, 9.17) is 9.47 Å². The van der Waals surface area contributed by atoms with E-state index >= 15 is 0 Å². The van der Waals surface area contributed by atoms with Gasteiger partial charge in [-0.1, -0.05) is 0 Å². The third kappa shape index (κ3) is 2.50. The number of fused-ring (bicyclic) bond motifs is 1. The summed E-state index contributed by atoms with van der Waals surface area (Å²) in [5, 5.41) is 0. The van der Waals surface area contributed by atoms with Crippen LogP contribution in [0.3, 0.4) is 0 Å². The number of hydrogen-bond donors (Lipinski definition) is 0. The Bertz CT molecular complexity index is 703. The number of sulfonamides is 1. The summed E-state index contributed by atoms with van der Waals surface area (Å²) < 4.78 is 37.3. The quantitative estimate of drug-likeness (QED) is 0.781. The number of benzene rings is 1. The molecule has 3 rings (SSSR count). The summed E-state index contributed by atoms with van der Waals surface area (Å²) in [7, 11) is 1.12. The van der Waals surface area contributed by atoms with Gasteiger partial charge in [0, 0.05) is 33.2 Å². The molecule has 1 amide bonds. The number of nitrogens with zero attached hydrogens (tertiary/aromatic N) is 2. The number of carbonyl (C=O) groups is 1. The summed E-state index contributed by atoms with van der Waals surface area (Å²) in [6, 6.07) is 6.17. The second-order valence-corrected chi connectivity index (χ2v) is 7.77. The Morgan fingerprint density at radius 2 is 1.78 bits per heavy atom. The molecule has 3 atom stereocenters. The van der Waals surface area contributed by atoms with Crippen molar-refractivity contribution in [3.8, 4) is 5.75 Å². The van der Waals surface area contributed by atoms with Gasteiger partial charge in [-0.05, 0) is 24.3 Å². The fourth-order valence-corrected chi connectivity index (χ4v) is 4.89. The number of likely N-dealkylation sites (N-methyl/N-ethyl adjacent to an activating group) is 1. The molecule has 0 aliphatic carbocycles. The Kier molecular flexibility index (Phi) is 4.07. The van der Waals surface area contributed by atoms with Crippen LogP contribution in [0.1, 0.15) is 0 Å². The summed E-state index contributed by atoms with van der Waals surface area (Å²) in [5.41, 5.74) is 0. The van der Waals surface area contributed by atoms with Gasteiger partial charge >= 0.3 is 0 Å². The lowest BCUT2D eigenvalue weighted by atomic mass is 10.0. The normalized spacial score (nSPS) is 28.2. The van der Waals surface area contributed by atoms with Crippen LogP contribution in [0.25, 0.3) is 0 Å². The Morgan fingerprint density at radius 3 is 2.35 bits per heavy atom. The molecule has 0 aromatic heterocycles. The van der Waals surface area contributed by atoms with Gasteiger partial charge in [0.15, 0.2) is 0 Å². The largest absolute Gasteiger partial charge is 0.497 e. The van der Waals surface area contributed by atoms with Gasteiger partial charge < -0.3 is 14.4 Å². The van der Waals surface area contributed by atoms with Gasteiger partial charge in [-0.2, -0.15) is 4.31 Å². The standard InChI is InChI=1S/C15H20N2O5S/c1-16-13-9-17(8-12(13)14(22-3)15(16)18)23(19,20)11-6-4-10(21-2)5-7-11/h4-7,12-14H,8-9H2,1-3H3/t12-,13+,14-/m0/s1. The second-order valence-electron chi connectivity index (χ2n) is 5.83.